The highest BCUT2D eigenvalue weighted by Gasteiger charge is 2.29. The third-order valence-corrected chi connectivity index (χ3v) is 3.69. The number of aromatic nitrogens is 2. The van der Waals surface area contributed by atoms with Crippen LogP contribution < -0.4 is 0 Å². The Morgan fingerprint density at radius 2 is 2.37 bits per heavy atom. The Bertz CT molecular complexity index is 644. The topological polar surface area (TPSA) is 68.3 Å². The molecule has 1 unspecified atom stereocenters. The molecule has 6 heteroatoms. The van der Waals surface area contributed by atoms with E-state index < -0.39 is 5.97 Å². The molecule has 3 heterocycles. The largest absolute Gasteiger partial charge is 0.476 e. The summed E-state index contributed by atoms with van der Waals surface area (Å²) in [4.78, 5) is 15.5. The molecule has 1 aliphatic rings. The predicted molar refractivity (Wildman–Crippen MR) is 69.5 cm³/mol. The molecule has 0 bridgehead atoms. The van der Waals surface area contributed by atoms with Crippen molar-refractivity contribution in [2.75, 3.05) is 0 Å². The van der Waals surface area contributed by atoms with Crippen LogP contribution in [0.15, 0.2) is 16.5 Å². The van der Waals surface area contributed by atoms with Crippen LogP contribution in [-0.4, -0.2) is 20.6 Å². The summed E-state index contributed by atoms with van der Waals surface area (Å²) in [5.41, 5.74) is 0.892. The highest BCUT2D eigenvalue weighted by atomic mass is 35.5. The molecule has 1 N–H and O–H groups in total. The highest BCUT2D eigenvalue weighted by Crippen LogP contribution is 2.34. The minimum absolute atomic E-state index is 0.120. The molecule has 0 fully saturated rings. The number of imidazole rings is 1. The quantitative estimate of drug-likeness (QED) is 0.915. The van der Waals surface area contributed by atoms with Crippen molar-refractivity contribution in [2.24, 2.45) is 0 Å². The Kier molecular flexibility index (Phi) is 2.86. The van der Waals surface area contributed by atoms with Gasteiger partial charge in [0.05, 0.1) is 5.69 Å². The third-order valence-electron chi connectivity index (χ3n) is 3.48. The van der Waals surface area contributed by atoms with E-state index in [0.29, 0.717) is 11.6 Å². The van der Waals surface area contributed by atoms with E-state index in [-0.39, 0.29) is 17.0 Å². The number of carboxylic acids is 1. The first-order chi connectivity index (χ1) is 9.08. The van der Waals surface area contributed by atoms with Gasteiger partial charge in [-0.2, -0.15) is 0 Å². The number of aromatic carboxylic acids is 1. The molecule has 2 aromatic rings. The van der Waals surface area contributed by atoms with E-state index in [1.54, 1.807) is 12.1 Å². The molecular formula is C13H13ClN2O3. The van der Waals surface area contributed by atoms with Crippen LogP contribution in [0, 0.1) is 0 Å². The summed E-state index contributed by atoms with van der Waals surface area (Å²) in [5.74, 6) is 0.0563. The summed E-state index contributed by atoms with van der Waals surface area (Å²) in [6.45, 7) is 2.06. The van der Waals surface area contributed by atoms with Crippen LogP contribution >= 0.6 is 11.6 Å². The molecule has 3 rings (SSSR count). The fourth-order valence-corrected chi connectivity index (χ4v) is 2.80. The van der Waals surface area contributed by atoms with Gasteiger partial charge in [-0.3, -0.25) is 0 Å². The van der Waals surface area contributed by atoms with Crippen LogP contribution in [0.2, 0.25) is 5.22 Å². The number of rotatable bonds is 2. The summed E-state index contributed by atoms with van der Waals surface area (Å²) in [6, 6.07) is 3.56. The number of carboxylic acid groups (broad SMARTS) is 1. The molecule has 0 saturated heterocycles. The second-order valence-corrected chi connectivity index (χ2v) is 5.12. The van der Waals surface area contributed by atoms with Gasteiger partial charge < -0.3 is 14.1 Å². The monoisotopic (exact) mass is 280 g/mol. The van der Waals surface area contributed by atoms with Crippen LogP contribution in [-0.2, 0) is 6.42 Å². The smallest absolute Gasteiger partial charge is 0.356 e. The highest BCUT2D eigenvalue weighted by molar-refractivity contribution is 6.28. The maximum Gasteiger partial charge on any atom is 0.356 e. The molecule has 100 valence electrons. The number of furan rings is 1. The van der Waals surface area contributed by atoms with Gasteiger partial charge in [0.1, 0.15) is 0 Å². The Labute approximate surface area is 114 Å². The Hall–Kier alpha value is -1.75. The average Bonchev–Trinajstić information content (AvgIpc) is 2.93. The normalized spacial score (nSPS) is 18.3. The number of halogens is 1. The van der Waals surface area contributed by atoms with E-state index in [1.807, 2.05) is 4.57 Å². The second kappa shape index (κ2) is 4.42. The third kappa shape index (κ3) is 1.94. The fraction of sp³-hybridized carbons (Fsp3) is 0.385. The zero-order valence-corrected chi connectivity index (χ0v) is 11.1. The van der Waals surface area contributed by atoms with Crippen molar-refractivity contribution in [3.8, 4) is 11.6 Å². The van der Waals surface area contributed by atoms with Crippen LogP contribution in [0.1, 0.15) is 42.0 Å². The molecule has 1 atom stereocenters. The van der Waals surface area contributed by atoms with Gasteiger partial charge >= 0.3 is 5.97 Å². The zero-order chi connectivity index (χ0) is 13.6. The van der Waals surface area contributed by atoms with E-state index in [2.05, 4.69) is 11.9 Å². The van der Waals surface area contributed by atoms with E-state index in [4.69, 9.17) is 16.0 Å². The average molecular weight is 281 g/mol. The maximum atomic E-state index is 11.3. The van der Waals surface area contributed by atoms with Crippen molar-refractivity contribution in [1.29, 1.82) is 0 Å². The molecule has 0 amide bonds. The lowest BCUT2D eigenvalue weighted by molar-refractivity contribution is 0.0689. The standard InChI is InChI=1S/C13H13ClN2O3/c1-7-3-2-4-8-11(13(17)18)15-12(16(7)8)9-5-6-10(14)19-9/h5-7H,2-4H2,1H3,(H,17,18). The molecule has 2 aromatic heterocycles. The number of hydrogen-bond donors (Lipinski definition) is 1. The minimum atomic E-state index is -0.998. The fourth-order valence-electron chi connectivity index (χ4n) is 2.65. The van der Waals surface area contributed by atoms with Crippen molar-refractivity contribution >= 4 is 17.6 Å². The van der Waals surface area contributed by atoms with Crippen molar-refractivity contribution in [2.45, 2.75) is 32.2 Å². The van der Waals surface area contributed by atoms with Gasteiger partial charge in [-0.1, -0.05) is 0 Å². The van der Waals surface area contributed by atoms with Gasteiger partial charge in [-0.25, -0.2) is 9.78 Å². The van der Waals surface area contributed by atoms with Gasteiger partial charge in [-0.05, 0) is 49.9 Å². The molecule has 1 aliphatic heterocycles. The van der Waals surface area contributed by atoms with E-state index >= 15 is 0 Å². The summed E-state index contributed by atoms with van der Waals surface area (Å²) in [6.07, 6.45) is 2.71. The van der Waals surface area contributed by atoms with Gasteiger partial charge in [0.25, 0.3) is 0 Å². The van der Waals surface area contributed by atoms with Crippen molar-refractivity contribution in [1.82, 2.24) is 9.55 Å². The molecule has 0 aliphatic carbocycles. The van der Waals surface area contributed by atoms with Crippen LogP contribution in [0.4, 0.5) is 0 Å². The molecule has 5 nitrogen and oxygen atoms in total. The van der Waals surface area contributed by atoms with Crippen molar-refractivity contribution < 1.29 is 14.3 Å². The summed E-state index contributed by atoms with van der Waals surface area (Å²) < 4.78 is 7.33. The van der Waals surface area contributed by atoms with E-state index in [1.165, 1.54) is 0 Å². The van der Waals surface area contributed by atoms with E-state index in [9.17, 15) is 9.90 Å². The second-order valence-electron chi connectivity index (χ2n) is 4.75. The van der Waals surface area contributed by atoms with Crippen LogP contribution in [0.3, 0.4) is 0 Å². The Morgan fingerprint density at radius 3 is 3.00 bits per heavy atom. The van der Waals surface area contributed by atoms with Gasteiger partial charge in [-0.15, -0.1) is 0 Å². The van der Waals surface area contributed by atoms with Crippen LogP contribution in [0.5, 0.6) is 0 Å². The SMILES string of the molecule is CC1CCCc2c(C(=O)O)nc(-c3ccc(Cl)o3)n21. The maximum absolute atomic E-state index is 11.3. The molecule has 0 spiro atoms. The molecule has 0 aromatic carbocycles. The first-order valence-electron chi connectivity index (χ1n) is 6.18. The molecule has 19 heavy (non-hydrogen) atoms. The minimum Gasteiger partial charge on any atom is -0.476 e. The first kappa shape index (κ1) is 12.3. The molecular weight excluding hydrogens is 268 g/mol. The van der Waals surface area contributed by atoms with Gasteiger partial charge in [0.2, 0.25) is 0 Å². The van der Waals surface area contributed by atoms with Gasteiger partial charge in [0.15, 0.2) is 22.5 Å². The molecule has 0 radical (unpaired) electrons. The number of nitrogens with zero attached hydrogens (tertiary/aromatic N) is 2. The Morgan fingerprint density at radius 1 is 1.58 bits per heavy atom. The van der Waals surface area contributed by atoms with Crippen molar-refractivity contribution in [3.63, 3.8) is 0 Å². The van der Waals surface area contributed by atoms with E-state index in [0.717, 1.165) is 25.0 Å². The lowest BCUT2D eigenvalue weighted by Crippen LogP contribution is -2.17. The molecule has 0 saturated carbocycles. The van der Waals surface area contributed by atoms with Crippen LogP contribution in [0.25, 0.3) is 11.6 Å². The lowest BCUT2D eigenvalue weighted by atomic mass is 10.0. The predicted octanol–water partition coefficient (Wildman–Crippen LogP) is 3.39. The number of fused-ring (bicyclic) bond motifs is 1. The summed E-state index contributed by atoms with van der Waals surface area (Å²) >= 11 is 5.78. The number of hydrogen-bond acceptors (Lipinski definition) is 3. The summed E-state index contributed by atoms with van der Waals surface area (Å²) in [5, 5.41) is 9.53. The lowest BCUT2D eigenvalue weighted by Gasteiger charge is -2.23. The number of carbonyl (C=O) groups is 1. The van der Waals surface area contributed by atoms with Gasteiger partial charge in [0, 0.05) is 6.04 Å². The Balaban J connectivity index is 2.22. The zero-order valence-electron chi connectivity index (χ0n) is 10.4. The van der Waals surface area contributed by atoms with Crippen molar-refractivity contribution in [3.05, 3.63) is 28.7 Å². The summed E-state index contributed by atoms with van der Waals surface area (Å²) in [7, 11) is 0. The first-order valence-corrected chi connectivity index (χ1v) is 6.56.